The minimum atomic E-state index is -0.568. The van der Waals surface area contributed by atoms with Crippen molar-refractivity contribution in [2.45, 2.75) is 142 Å². The average molecular weight is 369 g/mol. The first-order chi connectivity index (χ1) is 12.7. The molecule has 2 heteroatoms. The van der Waals surface area contributed by atoms with Gasteiger partial charge in [-0.15, -0.1) is 0 Å². The van der Waals surface area contributed by atoms with E-state index in [-0.39, 0.29) is 5.92 Å². The van der Waals surface area contributed by atoms with E-state index in [9.17, 15) is 9.90 Å². The van der Waals surface area contributed by atoms with Crippen LogP contribution in [0.15, 0.2) is 0 Å². The van der Waals surface area contributed by atoms with Crippen molar-refractivity contribution in [2.24, 2.45) is 5.92 Å². The second-order valence-electron chi connectivity index (χ2n) is 8.27. The van der Waals surface area contributed by atoms with E-state index in [2.05, 4.69) is 13.8 Å². The first kappa shape index (κ1) is 25.5. The molecule has 0 bridgehead atoms. The maximum Gasteiger partial charge on any atom is 0.306 e. The fourth-order valence-corrected chi connectivity index (χ4v) is 3.79. The second kappa shape index (κ2) is 20.8. The molecular weight excluding hydrogens is 320 g/mol. The SMILES string of the molecule is CCCCCCCCCCCCCCC(CCCCCCCC)C(=O)O. The average Bonchev–Trinajstić information content (AvgIpc) is 2.63. The maximum absolute atomic E-state index is 11.4. The standard InChI is InChI=1S/C24H48O2/c1-3-5-7-9-11-12-13-14-15-16-18-20-22-23(24(25)26)21-19-17-10-8-6-4-2/h23H,3-22H2,1-2H3,(H,25,26). The molecule has 0 heterocycles. The van der Waals surface area contributed by atoms with Crippen LogP contribution >= 0.6 is 0 Å². The zero-order chi connectivity index (χ0) is 19.3. The van der Waals surface area contributed by atoms with Crippen LogP contribution in [-0.2, 0) is 4.79 Å². The number of hydrogen-bond donors (Lipinski definition) is 1. The zero-order valence-corrected chi connectivity index (χ0v) is 18.1. The lowest BCUT2D eigenvalue weighted by Gasteiger charge is -2.12. The van der Waals surface area contributed by atoms with Crippen LogP contribution in [0, 0.1) is 5.92 Å². The molecule has 0 saturated carbocycles. The van der Waals surface area contributed by atoms with E-state index < -0.39 is 5.97 Å². The van der Waals surface area contributed by atoms with Crippen LogP contribution in [0.5, 0.6) is 0 Å². The van der Waals surface area contributed by atoms with Crippen molar-refractivity contribution >= 4 is 5.97 Å². The molecule has 156 valence electrons. The van der Waals surface area contributed by atoms with Crippen molar-refractivity contribution < 1.29 is 9.90 Å². The Morgan fingerprint density at radius 3 is 1.08 bits per heavy atom. The number of carboxylic acids is 1. The minimum Gasteiger partial charge on any atom is -0.481 e. The number of rotatable bonds is 21. The Morgan fingerprint density at radius 2 is 0.808 bits per heavy atom. The van der Waals surface area contributed by atoms with Crippen LogP contribution in [0.3, 0.4) is 0 Å². The van der Waals surface area contributed by atoms with Crippen molar-refractivity contribution in [1.29, 1.82) is 0 Å². The molecule has 1 atom stereocenters. The molecule has 1 unspecified atom stereocenters. The monoisotopic (exact) mass is 368 g/mol. The Morgan fingerprint density at radius 1 is 0.538 bits per heavy atom. The van der Waals surface area contributed by atoms with Gasteiger partial charge >= 0.3 is 5.97 Å². The van der Waals surface area contributed by atoms with Gasteiger partial charge in [0.15, 0.2) is 0 Å². The summed E-state index contributed by atoms with van der Waals surface area (Å²) in [6, 6.07) is 0. The molecule has 0 aliphatic carbocycles. The summed E-state index contributed by atoms with van der Waals surface area (Å²) in [5, 5.41) is 9.39. The van der Waals surface area contributed by atoms with E-state index in [1.165, 1.54) is 103 Å². The van der Waals surface area contributed by atoms with Crippen molar-refractivity contribution in [3.8, 4) is 0 Å². The Kier molecular flexibility index (Phi) is 20.4. The predicted molar refractivity (Wildman–Crippen MR) is 115 cm³/mol. The molecule has 0 radical (unpaired) electrons. The predicted octanol–water partition coefficient (Wildman–Crippen LogP) is 8.53. The first-order valence-corrected chi connectivity index (χ1v) is 11.9. The number of aliphatic carboxylic acids is 1. The van der Waals surface area contributed by atoms with Gasteiger partial charge < -0.3 is 5.11 Å². The third kappa shape index (κ3) is 18.3. The summed E-state index contributed by atoms with van der Waals surface area (Å²) < 4.78 is 0. The molecule has 0 amide bonds. The van der Waals surface area contributed by atoms with E-state index in [1.54, 1.807) is 0 Å². The van der Waals surface area contributed by atoms with Gasteiger partial charge in [0.05, 0.1) is 5.92 Å². The van der Waals surface area contributed by atoms with E-state index in [0.29, 0.717) is 0 Å². The first-order valence-electron chi connectivity index (χ1n) is 11.9. The summed E-state index contributed by atoms with van der Waals surface area (Å²) in [5.41, 5.74) is 0. The van der Waals surface area contributed by atoms with Crippen molar-refractivity contribution in [3.05, 3.63) is 0 Å². The topological polar surface area (TPSA) is 37.3 Å². The Hall–Kier alpha value is -0.530. The molecule has 0 aromatic carbocycles. The van der Waals surface area contributed by atoms with Gasteiger partial charge in [-0.1, -0.05) is 129 Å². The third-order valence-corrected chi connectivity index (χ3v) is 5.66. The summed E-state index contributed by atoms with van der Waals surface area (Å²) in [6.07, 6.45) is 25.4. The van der Waals surface area contributed by atoms with Gasteiger partial charge in [0.1, 0.15) is 0 Å². The summed E-state index contributed by atoms with van der Waals surface area (Å²) >= 11 is 0. The van der Waals surface area contributed by atoms with Crippen molar-refractivity contribution in [1.82, 2.24) is 0 Å². The largest absolute Gasteiger partial charge is 0.481 e. The van der Waals surface area contributed by atoms with E-state index in [0.717, 1.165) is 25.7 Å². The molecule has 0 spiro atoms. The minimum absolute atomic E-state index is 0.0932. The zero-order valence-electron chi connectivity index (χ0n) is 18.1. The maximum atomic E-state index is 11.4. The van der Waals surface area contributed by atoms with Gasteiger partial charge in [0.2, 0.25) is 0 Å². The third-order valence-electron chi connectivity index (χ3n) is 5.66. The van der Waals surface area contributed by atoms with E-state index >= 15 is 0 Å². The fraction of sp³-hybridized carbons (Fsp3) is 0.958. The fourth-order valence-electron chi connectivity index (χ4n) is 3.79. The number of unbranched alkanes of at least 4 members (excludes halogenated alkanes) is 16. The molecule has 0 aromatic rings. The second-order valence-corrected chi connectivity index (χ2v) is 8.27. The van der Waals surface area contributed by atoms with E-state index in [1.807, 2.05) is 0 Å². The highest BCUT2D eigenvalue weighted by molar-refractivity contribution is 5.69. The van der Waals surface area contributed by atoms with Gasteiger partial charge in [-0.3, -0.25) is 4.79 Å². The lowest BCUT2D eigenvalue weighted by atomic mass is 9.94. The highest BCUT2D eigenvalue weighted by atomic mass is 16.4. The quantitative estimate of drug-likeness (QED) is 0.206. The van der Waals surface area contributed by atoms with Crippen LogP contribution in [0.1, 0.15) is 142 Å². The van der Waals surface area contributed by atoms with Gasteiger partial charge in [0.25, 0.3) is 0 Å². The van der Waals surface area contributed by atoms with Crippen LogP contribution in [0.4, 0.5) is 0 Å². The van der Waals surface area contributed by atoms with Crippen LogP contribution < -0.4 is 0 Å². The summed E-state index contributed by atoms with van der Waals surface area (Å²) in [4.78, 5) is 11.4. The number of carbonyl (C=O) groups is 1. The molecule has 0 saturated heterocycles. The van der Waals surface area contributed by atoms with Crippen LogP contribution in [0.2, 0.25) is 0 Å². The van der Waals surface area contributed by atoms with Crippen molar-refractivity contribution in [2.75, 3.05) is 0 Å². The van der Waals surface area contributed by atoms with Gasteiger partial charge in [-0.2, -0.15) is 0 Å². The van der Waals surface area contributed by atoms with Crippen molar-refractivity contribution in [3.63, 3.8) is 0 Å². The lowest BCUT2D eigenvalue weighted by molar-refractivity contribution is -0.142. The smallest absolute Gasteiger partial charge is 0.306 e. The Labute approximate surface area is 164 Å². The molecule has 0 aromatic heterocycles. The number of hydrogen-bond acceptors (Lipinski definition) is 1. The van der Waals surface area contributed by atoms with E-state index in [4.69, 9.17) is 0 Å². The van der Waals surface area contributed by atoms with Crippen LogP contribution in [-0.4, -0.2) is 11.1 Å². The summed E-state index contributed by atoms with van der Waals surface area (Å²) in [6.45, 7) is 4.50. The Balaban J connectivity index is 3.42. The van der Waals surface area contributed by atoms with Crippen LogP contribution in [0.25, 0.3) is 0 Å². The highest BCUT2D eigenvalue weighted by Crippen LogP contribution is 2.20. The van der Waals surface area contributed by atoms with Gasteiger partial charge in [-0.25, -0.2) is 0 Å². The van der Waals surface area contributed by atoms with Gasteiger partial charge in [0, 0.05) is 0 Å². The molecule has 2 nitrogen and oxygen atoms in total. The number of carboxylic acid groups (broad SMARTS) is 1. The summed E-state index contributed by atoms with van der Waals surface area (Å²) in [5.74, 6) is -0.661. The lowest BCUT2D eigenvalue weighted by Crippen LogP contribution is -2.13. The molecule has 1 N–H and O–H groups in total. The Bertz CT molecular complexity index is 288. The summed E-state index contributed by atoms with van der Waals surface area (Å²) in [7, 11) is 0. The normalized spacial score (nSPS) is 12.4. The molecule has 0 fully saturated rings. The molecular formula is C24H48O2. The molecule has 26 heavy (non-hydrogen) atoms. The molecule has 0 rings (SSSR count). The molecule has 0 aliphatic heterocycles. The van der Waals surface area contributed by atoms with Gasteiger partial charge in [-0.05, 0) is 12.8 Å². The molecule has 0 aliphatic rings. The highest BCUT2D eigenvalue weighted by Gasteiger charge is 2.16.